The van der Waals surface area contributed by atoms with Crippen LogP contribution in [0.5, 0.6) is 0 Å². The Morgan fingerprint density at radius 3 is 2.67 bits per heavy atom. The minimum Gasteiger partial charge on any atom is -0.350 e. The summed E-state index contributed by atoms with van der Waals surface area (Å²) in [6.07, 6.45) is 1.48. The lowest BCUT2D eigenvalue weighted by Crippen LogP contribution is -2.32. The molecule has 1 aromatic carbocycles. The van der Waals surface area contributed by atoms with Gasteiger partial charge < -0.3 is 5.32 Å². The third-order valence-electron chi connectivity index (χ3n) is 2.41. The monoisotopic (exact) mass is 243 g/mol. The molecule has 5 nitrogen and oxygen atoms in total. The molecule has 2 aromatic rings. The molecular weight excluding hydrogens is 230 g/mol. The molecular formula is C13H13N3O2. The number of benzene rings is 1. The first kappa shape index (κ1) is 12.0. The summed E-state index contributed by atoms with van der Waals surface area (Å²) in [5, 5.41) is 6.55. The number of hydrogen-bond donors (Lipinski definition) is 1. The highest BCUT2D eigenvalue weighted by molar-refractivity contribution is 5.75. The molecule has 0 spiro atoms. The quantitative estimate of drug-likeness (QED) is 0.853. The van der Waals surface area contributed by atoms with Gasteiger partial charge in [-0.05, 0) is 11.6 Å². The highest BCUT2D eigenvalue weighted by Gasteiger charge is 2.04. The Kier molecular flexibility index (Phi) is 3.86. The number of carbonyl (C=O) groups excluding carboxylic acids is 1. The smallest absolute Gasteiger partial charge is 0.267 e. The molecule has 0 unspecified atom stereocenters. The molecule has 5 heteroatoms. The van der Waals surface area contributed by atoms with E-state index in [1.165, 1.54) is 12.3 Å². The molecule has 0 saturated heterocycles. The third-order valence-corrected chi connectivity index (χ3v) is 2.41. The van der Waals surface area contributed by atoms with Gasteiger partial charge in [0.05, 0.1) is 0 Å². The molecule has 0 fully saturated rings. The number of carbonyl (C=O) groups is 1. The van der Waals surface area contributed by atoms with Crippen LogP contribution in [0, 0.1) is 0 Å². The van der Waals surface area contributed by atoms with Gasteiger partial charge in [-0.15, -0.1) is 0 Å². The van der Waals surface area contributed by atoms with Crippen molar-refractivity contribution in [1.29, 1.82) is 0 Å². The summed E-state index contributed by atoms with van der Waals surface area (Å²) in [7, 11) is 0. The maximum Gasteiger partial charge on any atom is 0.267 e. The molecule has 18 heavy (non-hydrogen) atoms. The molecule has 1 aromatic heterocycles. The first-order valence-electron chi connectivity index (χ1n) is 5.58. The van der Waals surface area contributed by atoms with Crippen LogP contribution in [-0.4, -0.2) is 15.7 Å². The fraction of sp³-hybridized carbons (Fsp3) is 0.154. The van der Waals surface area contributed by atoms with Gasteiger partial charge in [0.15, 0.2) is 0 Å². The van der Waals surface area contributed by atoms with Gasteiger partial charge in [0.25, 0.3) is 5.56 Å². The molecule has 2 rings (SSSR count). The summed E-state index contributed by atoms with van der Waals surface area (Å²) < 4.78 is 1.13. The zero-order chi connectivity index (χ0) is 12.8. The third kappa shape index (κ3) is 3.28. The molecule has 0 saturated carbocycles. The molecule has 0 bridgehead atoms. The van der Waals surface area contributed by atoms with E-state index in [1.54, 1.807) is 6.07 Å². The van der Waals surface area contributed by atoms with Gasteiger partial charge in [-0.1, -0.05) is 30.3 Å². The summed E-state index contributed by atoms with van der Waals surface area (Å²) in [5.41, 5.74) is 0.728. The van der Waals surface area contributed by atoms with Crippen LogP contribution in [0.2, 0.25) is 0 Å². The van der Waals surface area contributed by atoms with Crippen molar-refractivity contribution in [3.8, 4) is 0 Å². The fourth-order valence-electron chi connectivity index (χ4n) is 1.49. The van der Waals surface area contributed by atoms with E-state index in [2.05, 4.69) is 10.4 Å². The van der Waals surface area contributed by atoms with Crippen molar-refractivity contribution < 1.29 is 4.79 Å². The summed E-state index contributed by atoms with van der Waals surface area (Å²) in [4.78, 5) is 23.0. The highest BCUT2D eigenvalue weighted by atomic mass is 16.2. The molecule has 1 amide bonds. The Bertz CT molecular complexity index is 578. The van der Waals surface area contributed by atoms with Gasteiger partial charge in [-0.25, -0.2) is 4.68 Å². The van der Waals surface area contributed by atoms with E-state index in [1.807, 2.05) is 30.3 Å². The van der Waals surface area contributed by atoms with Gasteiger partial charge >= 0.3 is 0 Å². The van der Waals surface area contributed by atoms with Gasteiger partial charge in [0.2, 0.25) is 5.91 Å². The number of nitrogens with one attached hydrogen (secondary N) is 1. The van der Waals surface area contributed by atoms with E-state index in [0.29, 0.717) is 6.54 Å². The average molecular weight is 243 g/mol. The number of rotatable bonds is 4. The second kappa shape index (κ2) is 5.77. The minimum atomic E-state index is -0.285. The van der Waals surface area contributed by atoms with Crippen molar-refractivity contribution in [3.63, 3.8) is 0 Å². The topological polar surface area (TPSA) is 64.0 Å². The van der Waals surface area contributed by atoms with Crippen LogP contribution in [0.15, 0.2) is 53.5 Å². The fourth-order valence-corrected chi connectivity index (χ4v) is 1.49. The van der Waals surface area contributed by atoms with Crippen LogP contribution < -0.4 is 10.9 Å². The van der Waals surface area contributed by atoms with Crippen LogP contribution in [0.1, 0.15) is 5.56 Å². The van der Waals surface area contributed by atoms with Gasteiger partial charge in [0.1, 0.15) is 6.54 Å². The van der Waals surface area contributed by atoms with Crippen molar-refractivity contribution >= 4 is 5.91 Å². The maximum atomic E-state index is 11.6. The number of hydrogen-bond acceptors (Lipinski definition) is 3. The van der Waals surface area contributed by atoms with Crippen LogP contribution in [0.3, 0.4) is 0 Å². The Labute approximate surface area is 104 Å². The van der Waals surface area contributed by atoms with Gasteiger partial charge in [-0.3, -0.25) is 9.59 Å². The van der Waals surface area contributed by atoms with Gasteiger partial charge in [-0.2, -0.15) is 5.10 Å². The molecule has 0 aliphatic carbocycles. The summed E-state index contributed by atoms with van der Waals surface area (Å²) in [6.45, 7) is 0.383. The van der Waals surface area contributed by atoms with Crippen LogP contribution in [-0.2, 0) is 17.9 Å². The minimum absolute atomic E-state index is 0.0630. The van der Waals surface area contributed by atoms with Crippen LogP contribution >= 0.6 is 0 Å². The zero-order valence-corrected chi connectivity index (χ0v) is 9.74. The van der Waals surface area contributed by atoms with E-state index >= 15 is 0 Å². The Balaban J connectivity index is 1.90. The van der Waals surface area contributed by atoms with E-state index in [-0.39, 0.29) is 18.0 Å². The maximum absolute atomic E-state index is 11.6. The highest BCUT2D eigenvalue weighted by Crippen LogP contribution is 1.96. The Hall–Kier alpha value is -2.43. The van der Waals surface area contributed by atoms with Crippen LogP contribution in [0.25, 0.3) is 0 Å². The summed E-state index contributed by atoms with van der Waals surface area (Å²) in [5.74, 6) is -0.236. The van der Waals surface area contributed by atoms with Crippen molar-refractivity contribution in [2.24, 2.45) is 0 Å². The lowest BCUT2D eigenvalue weighted by molar-refractivity contribution is -0.122. The molecule has 0 radical (unpaired) electrons. The predicted octanol–water partition coefficient (Wildman–Crippen LogP) is 0.560. The SMILES string of the molecule is O=C(Cn1ncccc1=O)NCc1ccccc1. The Morgan fingerprint density at radius 1 is 1.17 bits per heavy atom. The molecule has 0 aliphatic heterocycles. The van der Waals surface area contributed by atoms with E-state index < -0.39 is 0 Å². The van der Waals surface area contributed by atoms with Crippen molar-refractivity contribution in [1.82, 2.24) is 15.1 Å². The number of aromatic nitrogens is 2. The number of amides is 1. The first-order valence-corrected chi connectivity index (χ1v) is 5.58. The Morgan fingerprint density at radius 2 is 1.94 bits per heavy atom. The lowest BCUT2D eigenvalue weighted by atomic mass is 10.2. The second-order valence-electron chi connectivity index (χ2n) is 3.78. The normalized spacial score (nSPS) is 10.0. The molecule has 0 atom stereocenters. The molecule has 92 valence electrons. The summed E-state index contributed by atoms with van der Waals surface area (Å²) >= 11 is 0. The van der Waals surface area contributed by atoms with Crippen LogP contribution in [0.4, 0.5) is 0 Å². The van der Waals surface area contributed by atoms with Crippen molar-refractivity contribution in [2.45, 2.75) is 13.1 Å². The average Bonchev–Trinajstić information content (AvgIpc) is 2.40. The summed E-state index contributed by atoms with van der Waals surface area (Å²) in [6, 6.07) is 12.5. The predicted molar refractivity (Wildman–Crippen MR) is 66.8 cm³/mol. The first-order chi connectivity index (χ1) is 8.75. The largest absolute Gasteiger partial charge is 0.350 e. The second-order valence-corrected chi connectivity index (χ2v) is 3.78. The standard InChI is InChI=1S/C13H13N3O2/c17-12(10-16-13(18)7-4-8-15-16)14-9-11-5-2-1-3-6-11/h1-8H,9-10H2,(H,14,17). The van der Waals surface area contributed by atoms with Crippen molar-refractivity contribution in [3.05, 3.63) is 64.6 Å². The van der Waals surface area contributed by atoms with E-state index in [4.69, 9.17) is 0 Å². The van der Waals surface area contributed by atoms with E-state index in [9.17, 15) is 9.59 Å². The zero-order valence-electron chi connectivity index (χ0n) is 9.74. The number of nitrogens with zero attached hydrogens (tertiary/aromatic N) is 2. The molecule has 0 aliphatic rings. The van der Waals surface area contributed by atoms with Crippen molar-refractivity contribution in [2.75, 3.05) is 0 Å². The van der Waals surface area contributed by atoms with Gasteiger partial charge in [0, 0.05) is 18.8 Å². The van der Waals surface area contributed by atoms with E-state index in [0.717, 1.165) is 10.2 Å². The molecule has 1 heterocycles. The lowest BCUT2D eigenvalue weighted by Gasteiger charge is -2.06. The molecule has 1 N–H and O–H groups in total.